The first kappa shape index (κ1) is 17.0. The smallest absolute Gasteiger partial charge is 0.408 e. The fraction of sp³-hybridized carbons (Fsp3) is 0.412. The number of hydrogen-bond donors (Lipinski definition) is 2. The molecule has 0 aromatic heterocycles. The third kappa shape index (κ3) is 4.56. The number of carboxylic acids is 1. The van der Waals surface area contributed by atoms with E-state index >= 15 is 0 Å². The number of carbonyl (C=O) groups is 2. The van der Waals surface area contributed by atoms with Gasteiger partial charge in [0, 0.05) is 19.6 Å². The molecule has 124 valence electrons. The molecule has 6 heteroatoms. The number of carboxylic acid groups (broad SMARTS) is 1. The van der Waals surface area contributed by atoms with Gasteiger partial charge in [0.15, 0.2) is 0 Å². The fourth-order valence-corrected chi connectivity index (χ4v) is 2.69. The number of aliphatic carboxylic acids is 1. The molecule has 2 N–H and O–H groups in total. The van der Waals surface area contributed by atoms with Crippen molar-refractivity contribution >= 4 is 12.1 Å². The Hall–Kier alpha value is -2.34. The number of nitrogens with zero attached hydrogens (tertiary/aromatic N) is 1. The number of alkyl carbamates (subject to hydrolysis) is 1. The van der Waals surface area contributed by atoms with E-state index < -0.39 is 17.6 Å². The third-order valence-corrected chi connectivity index (χ3v) is 4.04. The molecule has 2 rings (SSSR count). The van der Waals surface area contributed by atoms with Crippen LogP contribution >= 0.6 is 0 Å². The largest absolute Gasteiger partial charge is 0.480 e. The Labute approximate surface area is 135 Å². The summed E-state index contributed by atoms with van der Waals surface area (Å²) in [4.78, 5) is 25.5. The van der Waals surface area contributed by atoms with Crippen LogP contribution < -0.4 is 5.32 Å². The molecule has 1 fully saturated rings. The van der Waals surface area contributed by atoms with Crippen LogP contribution in [0.2, 0.25) is 0 Å². The van der Waals surface area contributed by atoms with Gasteiger partial charge in [-0.1, -0.05) is 43.0 Å². The summed E-state index contributed by atoms with van der Waals surface area (Å²) in [6.07, 6.45) is 1.41. The van der Waals surface area contributed by atoms with E-state index in [9.17, 15) is 14.7 Å². The van der Waals surface area contributed by atoms with Gasteiger partial charge in [0.25, 0.3) is 0 Å². The molecule has 0 saturated carbocycles. The molecule has 6 nitrogen and oxygen atoms in total. The van der Waals surface area contributed by atoms with E-state index in [2.05, 4.69) is 16.8 Å². The van der Waals surface area contributed by atoms with E-state index in [0.717, 1.165) is 6.54 Å². The molecule has 1 amide bonds. The maximum absolute atomic E-state index is 11.7. The van der Waals surface area contributed by atoms with Gasteiger partial charge < -0.3 is 15.2 Å². The van der Waals surface area contributed by atoms with Crippen molar-refractivity contribution in [2.75, 3.05) is 19.7 Å². The minimum Gasteiger partial charge on any atom is -0.480 e. The molecule has 0 aliphatic carbocycles. The van der Waals surface area contributed by atoms with Crippen LogP contribution in [0.1, 0.15) is 18.4 Å². The Morgan fingerprint density at radius 2 is 1.96 bits per heavy atom. The minimum absolute atomic E-state index is 0.0572. The maximum Gasteiger partial charge on any atom is 0.408 e. The van der Waals surface area contributed by atoms with Crippen molar-refractivity contribution in [2.45, 2.75) is 24.9 Å². The SMILES string of the molecule is C=CCOC(=O)NC1(C(=O)O)CCN(Cc2ccccc2)CC1. The molecule has 0 radical (unpaired) electrons. The molecule has 0 unspecified atom stereocenters. The Morgan fingerprint density at radius 3 is 2.52 bits per heavy atom. The Bertz CT molecular complexity index is 551. The van der Waals surface area contributed by atoms with Gasteiger partial charge in [-0.25, -0.2) is 9.59 Å². The van der Waals surface area contributed by atoms with Crippen molar-refractivity contribution in [2.24, 2.45) is 0 Å². The van der Waals surface area contributed by atoms with Crippen LogP contribution in [0.5, 0.6) is 0 Å². The summed E-state index contributed by atoms with van der Waals surface area (Å²) in [5, 5.41) is 12.0. The predicted molar refractivity (Wildman–Crippen MR) is 86.0 cm³/mol. The predicted octanol–water partition coefficient (Wildman–Crippen LogP) is 2.02. The molecule has 1 aromatic carbocycles. The number of piperidine rings is 1. The van der Waals surface area contributed by atoms with Crippen LogP contribution in [0.25, 0.3) is 0 Å². The zero-order valence-electron chi connectivity index (χ0n) is 13.0. The molecule has 0 atom stereocenters. The Balaban J connectivity index is 1.93. The summed E-state index contributed by atoms with van der Waals surface area (Å²) in [6, 6.07) is 10.0. The Kier molecular flexibility index (Phi) is 5.76. The summed E-state index contributed by atoms with van der Waals surface area (Å²) < 4.78 is 4.85. The highest BCUT2D eigenvalue weighted by molar-refractivity contribution is 5.84. The van der Waals surface area contributed by atoms with Crippen LogP contribution in [0.4, 0.5) is 4.79 Å². The molecule has 1 heterocycles. The lowest BCUT2D eigenvalue weighted by molar-refractivity contribution is -0.146. The van der Waals surface area contributed by atoms with Crippen LogP contribution in [0.3, 0.4) is 0 Å². The topological polar surface area (TPSA) is 78.9 Å². The summed E-state index contributed by atoms with van der Waals surface area (Å²) in [5.41, 5.74) is -0.0699. The van der Waals surface area contributed by atoms with E-state index in [1.165, 1.54) is 11.6 Å². The van der Waals surface area contributed by atoms with E-state index in [0.29, 0.717) is 25.9 Å². The van der Waals surface area contributed by atoms with Crippen LogP contribution in [0, 0.1) is 0 Å². The van der Waals surface area contributed by atoms with Gasteiger partial charge in [0.05, 0.1) is 0 Å². The van der Waals surface area contributed by atoms with Crippen molar-refractivity contribution in [3.63, 3.8) is 0 Å². The van der Waals surface area contributed by atoms with E-state index in [1.807, 2.05) is 30.3 Å². The highest BCUT2D eigenvalue weighted by Crippen LogP contribution is 2.24. The molecule has 1 aliphatic heterocycles. The number of benzene rings is 1. The monoisotopic (exact) mass is 318 g/mol. The standard InChI is InChI=1S/C17H22N2O4/c1-2-12-23-16(22)18-17(15(20)21)8-10-19(11-9-17)13-14-6-4-3-5-7-14/h2-7H,1,8-13H2,(H,18,22)(H,20,21). The second-order valence-electron chi connectivity index (χ2n) is 5.66. The number of likely N-dealkylation sites (tertiary alicyclic amines) is 1. The number of rotatable bonds is 6. The van der Waals surface area contributed by atoms with Crippen molar-refractivity contribution < 1.29 is 19.4 Å². The van der Waals surface area contributed by atoms with Crippen molar-refractivity contribution in [1.29, 1.82) is 0 Å². The first-order chi connectivity index (χ1) is 11.1. The van der Waals surface area contributed by atoms with Gasteiger partial charge in [-0.15, -0.1) is 0 Å². The number of nitrogens with one attached hydrogen (secondary N) is 1. The molecular formula is C17H22N2O4. The van der Waals surface area contributed by atoms with E-state index in [-0.39, 0.29) is 6.61 Å². The average Bonchev–Trinajstić information content (AvgIpc) is 2.55. The summed E-state index contributed by atoms with van der Waals surface area (Å²) in [5.74, 6) is -1.02. The second kappa shape index (κ2) is 7.78. The fourth-order valence-electron chi connectivity index (χ4n) is 2.69. The zero-order chi connectivity index (χ0) is 16.7. The number of amides is 1. The molecule has 1 saturated heterocycles. The molecule has 1 aliphatic rings. The normalized spacial score (nSPS) is 17.2. The molecule has 0 bridgehead atoms. The first-order valence-electron chi connectivity index (χ1n) is 7.61. The number of carbonyl (C=O) groups excluding carboxylic acids is 1. The van der Waals surface area contributed by atoms with Crippen molar-refractivity contribution in [1.82, 2.24) is 10.2 Å². The van der Waals surface area contributed by atoms with Crippen LogP contribution in [0.15, 0.2) is 43.0 Å². The minimum atomic E-state index is -1.26. The summed E-state index contributed by atoms with van der Waals surface area (Å²) in [6.45, 7) is 5.49. The van der Waals surface area contributed by atoms with Gasteiger partial charge in [-0.05, 0) is 18.4 Å². The Morgan fingerprint density at radius 1 is 1.30 bits per heavy atom. The van der Waals surface area contributed by atoms with Crippen molar-refractivity contribution in [3.8, 4) is 0 Å². The lowest BCUT2D eigenvalue weighted by atomic mass is 9.87. The average molecular weight is 318 g/mol. The lowest BCUT2D eigenvalue weighted by Crippen LogP contribution is -2.60. The van der Waals surface area contributed by atoms with Gasteiger partial charge in [-0.2, -0.15) is 0 Å². The quantitative estimate of drug-likeness (QED) is 0.785. The number of hydrogen-bond acceptors (Lipinski definition) is 4. The summed E-state index contributed by atoms with van der Waals surface area (Å²) >= 11 is 0. The molecular weight excluding hydrogens is 296 g/mol. The van der Waals surface area contributed by atoms with Gasteiger partial charge in [-0.3, -0.25) is 4.90 Å². The van der Waals surface area contributed by atoms with Crippen LogP contribution in [-0.2, 0) is 16.1 Å². The first-order valence-corrected chi connectivity index (χ1v) is 7.61. The number of ether oxygens (including phenoxy) is 1. The van der Waals surface area contributed by atoms with E-state index in [4.69, 9.17) is 4.74 Å². The maximum atomic E-state index is 11.7. The van der Waals surface area contributed by atoms with E-state index in [1.54, 1.807) is 0 Å². The van der Waals surface area contributed by atoms with Crippen molar-refractivity contribution in [3.05, 3.63) is 48.6 Å². The zero-order valence-corrected chi connectivity index (χ0v) is 13.0. The van der Waals surface area contributed by atoms with Gasteiger partial charge in [0.1, 0.15) is 12.1 Å². The highest BCUT2D eigenvalue weighted by Gasteiger charge is 2.43. The molecule has 0 spiro atoms. The van der Waals surface area contributed by atoms with Crippen LogP contribution in [-0.4, -0.2) is 47.3 Å². The molecule has 23 heavy (non-hydrogen) atoms. The summed E-state index contributed by atoms with van der Waals surface area (Å²) in [7, 11) is 0. The highest BCUT2D eigenvalue weighted by atomic mass is 16.5. The molecule has 1 aromatic rings. The lowest BCUT2D eigenvalue weighted by Gasteiger charge is -2.38. The van der Waals surface area contributed by atoms with Gasteiger partial charge in [0.2, 0.25) is 0 Å². The third-order valence-electron chi connectivity index (χ3n) is 4.04. The second-order valence-corrected chi connectivity index (χ2v) is 5.66. The van der Waals surface area contributed by atoms with Gasteiger partial charge >= 0.3 is 12.1 Å².